The third kappa shape index (κ3) is 7.61. The van der Waals surface area contributed by atoms with E-state index in [0.29, 0.717) is 37.9 Å². The molecule has 2 fully saturated rings. The number of halogens is 6. The Labute approximate surface area is 255 Å². The number of piperidine rings is 1. The van der Waals surface area contributed by atoms with E-state index in [9.17, 15) is 31.1 Å². The minimum atomic E-state index is -4.65. The number of carbonyl (C=O) groups excluding carboxylic acids is 1. The van der Waals surface area contributed by atoms with Gasteiger partial charge in [-0.25, -0.2) is 9.78 Å². The highest BCUT2D eigenvalue weighted by Gasteiger charge is 2.33. The lowest BCUT2D eigenvalue weighted by Crippen LogP contribution is -2.48. The predicted octanol–water partition coefficient (Wildman–Crippen LogP) is 5.95. The van der Waals surface area contributed by atoms with Gasteiger partial charge in [0.2, 0.25) is 0 Å². The van der Waals surface area contributed by atoms with Gasteiger partial charge in [-0.1, -0.05) is 12.1 Å². The van der Waals surface area contributed by atoms with Crippen LogP contribution in [0.15, 0.2) is 36.4 Å². The first-order valence-corrected chi connectivity index (χ1v) is 14.4. The summed E-state index contributed by atoms with van der Waals surface area (Å²) in [7, 11) is 2.41. The number of alkyl halides is 6. The first-order chi connectivity index (χ1) is 21.4. The van der Waals surface area contributed by atoms with E-state index >= 15 is 0 Å². The Morgan fingerprint density at radius 3 is 2.31 bits per heavy atom. The second-order valence-corrected chi connectivity index (χ2v) is 11.0. The van der Waals surface area contributed by atoms with Crippen LogP contribution >= 0.6 is 0 Å². The zero-order valence-electron chi connectivity index (χ0n) is 24.8. The maximum atomic E-state index is 13.7. The number of esters is 1. The second-order valence-electron chi connectivity index (χ2n) is 11.0. The Morgan fingerprint density at radius 1 is 0.978 bits per heavy atom. The van der Waals surface area contributed by atoms with Crippen LogP contribution in [-0.4, -0.2) is 93.2 Å². The van der Waals surface area contributed by atoms with Crippen LogP contribution in [0.3, 0.4) is 0 Å². The van der Waals surface area contributed by atoms with E-state index in [0.717, 1.165) is 38.1 Å². The molecule has 14 heteroatoms. The number of nitrogens with zero attached hydrogens (tertiary/aromatic N) is 3. The number of carbonyl (C=O) groups is 1. The number of fused-ring (bicyclic) bond motifs is 1. The fourth-order valence-corrected chi connectivity index (χ4v) is 5.92. The van der Waals surface area contributed by atoms with Crippen molar-refractivity contribution in [3.63, 3.8) is 0 Å². The number of methoxy groups -OCH3 is 2. The lowest BCUT2D eigenvalue weighted by Gasteiger charge is -2.40. The molecule has 2 saturated heterocycles. The van der Waals surface area contributed by atoms with E-state index in [4.69, 9.17) is 18.9 Å². The van der Waals surface area contributed by atoms with E-state index in [1.807, 2.05) is 0 Å². The molecule has 0 saturated carbocycles. The standard InChI is InChI=1S/C31H33F6N3O5/c1-42-25-15-22-24(16-26(25)45-18-30(32,33)34)38-28(19-4-3-5-20(14-19)31(35,36)37)23(27(22)29(41)43-2)17-39-8-6-21(7-9-39)40-10-12-44-13-11-40/h3-5,14-16,21H,6-13,17-18H2,1-2H3. The highest BCUT2D eigenvalue weighted by molar-refractivity contribution is 6.07. The summed E-state index contributed by atoms with van der Waals surface area (Å²) in [5, 5.41) is 0.201. The molecule has 2 aliphatic rings. The Bertz CT molecular complexity index is 1520. The molecule has 0 amide bonds. The maximum absolute atomic E-state index is 13.7. The molecule has 2 aliphatic heterocycles. The molecule has 0 radical (unpaired) electrons. The zero-order chi connectivity index (χ0) is 32.4. The number of pyridine rings is 1. The third-order valence-electron chi connectivity index (χ3n) is 8.12. The summed E-state index contributed by atoms with van der Waals surface area (Å²) in [6.07, 6.45) is -7.60. The highest BCUT2D eigenvalue weighted by atomic mass is 19.4. The molecule has 8 nitrogen and oxygen atoms in total. The van der Waals surface area contributed by atoms with Crippen molar-refractivity contribution in [3.05, 3.63) is 53.1 Å². The quantitative estimate of drug-likeness (QED) is 0.221. The molecule has 0 atom stereocenters. The Balaban J connectivity index is 1.62. The van der Waals surface area contributed by atoms with Gasteiger partial charge in [-0.3, -0.25) is 9.80 Å². The minimum Gasteiger partial charge on any atom is -0.493 e. The maximum Gasteiger partial charge on any atom is 0.422 e. The number of morpholine rings is 1. The molecule has 0 aliphatic carbocycles. The van der Waals surface area contributed by atoms with Crippen molar-refractivity contribution in [1.29, 1.82) is 0 Å². The Hall–Kier alpha value is -3.62. The summed E-state index contributed by atoms with van der Waals surface area (Å²) in [5.41, 5.74) is -0.353. The molecule has 3 aromatic rings. The fraction of sp³-hybridized carbons (Fsp3) is 0.484. The summed E-state index contributed by atoms with van der Waals surface area (Å²) >= 11 is 0. The van der Waals surface area contributed by atoms with E-state index in [1.165, 1.54) is 38.5 Å². The number of ether oxygens (including phenoxy) is 4. The summed E-state index contributed by atoms with van der Waals surface area (Å²) < 4.78 is 101. The number of likely N-dealkylation sites (tertiary alicyclic amines) is 1. The molecule has 244 valence electrons. The minimum absolute atomic E-state index is 0.0237. The molecule has 0 spiro atoms. The SMILES string of the molecule is COC(=O)c1c(CN2CCC(N3CCOCC3)CC2)c(-c2cccc(C(F)(F)F)c2)nc2cc(OCC(F)(F)F)c(OC)cc12. The van der Waals surface area contributed by atoms with Gasteiger partial charge in [0.15, 0.2) is 18.1 Å². The summed E-state index contributed by atoms with van der Waals surface area (Å²) in [5.74, 6) is -1.15. The van der Waals surface area contributed by atoms with Gasteiger partial charge >= 0.3 is 18.3 Å². The molecule has 2 aromatic carbocycles. The predicted molar refractivity (Wildman–Crippen MR) is 152 cm³/mol. The van der Waals surface area contributed by atoms with E-state index in [1.54, 1.807) is 0 Å². The molecule has 5 rings (SSSR count). The Kier molecular flexibility index (Phi) is 9.75. The number of hydrogen-bond acceptors (Lipinski definition) is 8. The zero-order valence-corrected chi connectivity index (χ0v) is 24.8. The number of benzene rings is 2. The number of rotatable bonds is 8. The van der Waals surface area contributed by atoms with Crippen LogP contribution in [0.1, 0.15) is 34.3 Å². The van der Waals surface area contributed by atoms with Crippen LogP contribution < -0.4 is 9.47 Å². The first-order valence-electron chi connectivity index (χ1n) is 14.4. The van der Waals surface area contributed by atoms with E-state index in [2.05, 4.69) is 14.8 Å². The highest BCUT2D eigenvalue weighted by Crippen LogP contribution is 2.40. The van der Waals surface area contributed by atoms with Gasteiger partial charge in [-0.2, -0.15) is 26.3 Å². The van der Waals surface area contributed by atoms with Gasteiger partial charge in [0.05, 0.1) is 49.8 Å². The molecule has 0 N–H and O–H groups in total. The monoisotopic (exact) mass is 641 g/mol. The van der Waals surface area contributed by atoms with Gasteiger partial charge in [0.1, 0.15) is 0 Å². The molecular formula is C31H33F6N3O5. The first kappa shape index (κ1) is 32.8. The molecular weight excluding hydrogens is 608 g/mol. The topological polar surface area (TPSA) is 73.4 Å². The van der Waals surface area contributed by atoms with Gasteiger partial charge < -0.3 is 18.9 Å². The van der Waals surface area contributed by atoms with Crippen LogP contribution in [0, 0.1) is 0 Å². The lowest BCUT2D eigenvalue weighted by molar-refractivity contribution is -0.153. The van der Waals surface area contributed by atoms with Crippen molar-refractivity contribution in [2.75, 3.05) is 60.2 Å². The van der Waals surface area contributed by atoms with Crippen molar-refractivity contribution < 1.29 is 50.1 Å². The molecule has 45 heavy (non-hydrogen) atoms. The van der Waals surface area contributed by atoms with Crippen LogP contribution in [0.25, 0.3) is 22.2 Å². The second kappa shape index (κ2) is 13.4. The average molecular weight is 642 g/mol. The normalized spacial score (nSPS) is 17.4. The largest absolute Gasteiger partial charge is 0.493 e. The van der Waals surface area contributed by atoms with Crippen LogP contribution in [0.5, 0.6) is 11.5 Å². The molecule has 0 bridgehead atoms. The summed E-state index contributed by atoms with van der Waals surface area (Å²) in [6.45, 7) is 2.94. The van der Waals surface area contributed by atoms with Crippen molar-refractivity contribution in [1.82, 2.24) is 14.8 Å². The van der Waals surface area contributed by atoms with Gasteiger partial charge in [-0.15, -0.1) is 0 Å². The smallest absolute Gasteiger partial charge is 0.422 e. The van der Waals surface area contributed by atoms with E-state index < -0.39 is 30.5 Å². The average Bonchev–Trinajstić information content (AvgIpc) is 3.02. The van der Waals surface area contributed by atoms with Crippen molar-refractivity contribution in [3.8, 4) is 22.8 Å². The van der Waals surface area contributed by atoms with Crippen molar-refractivity contribution in [2.24, 2.45) is 0 Å². The van der Waals surface area contributed by atoms with Crippen LogP contribution in [0.4, 0.5) is 26.3 Å². The van der Waals surface area contributed by atoms with Crippen LogP contribution in [0.2, 0.25) is 0 Å². The summed E-state index contributed by atoms with van der Waals surface area (Å²) in [4.78, 5) is 22.6. The van der Waals surface area contributed by atoms with Gasteiger partial charge in [0.25, 0.3) is 0 Å². The lowest BCUT2D eigenvalue weighted by atomic mass is 9.94. The fourth-order valence-electron chi connectivity index (χ4n) is 5.92. The van der Waals surface area contributed by atoms with Crippen LogP contribution in [-0.2, 0) is 22.2 Å². The van der Waals surface area contributed by atoms with E-state index in [-0.39, 0.29) is 45.8 Å². The molecule has 3 heterocycles. The number of hydrogen-bond donors (Lipinski definition) is 0. The Morgan fingerprint density at radius 2 is 1.69 bits per heavy atom. The molecule has 1 aromatic heterocycles. The molecule has 0 unspecified atom stereocenters. The number of aromatic nitrogens is 1. The van der Waals surface area contributed by atoms with Crippen molar-refractivity contribution >= 4 is 16.9 Å². The third-order valence-corrected chi connectivity index (χ3v) is 8.12. The van der Waals surface area contributed by atoms with Gasteiger partial charge in [0, 0.05) is 48.3 Å². The van der Waals surface area contributed by atoms with Gasteiger partial charge in [-0.05, 0) is 44.1 Å². The summed E-state index contributed by atoms with van der Waals surface area (Å²) in [6, 6.07) is 7.44. The van der Waals surface area contributed by atoms with Crippen molar-refractivity contribution in [2.45, 2.75) is 37.8 Å².